The van der Waals surface area contributed by atoms with Gasteiger partial charge in [-0.1, -0.05) is 19.1 Å². The van der Waals surface area contributed by atoms with Crippen molar-refractivity contribution in [1.29, 1.82) is 0 Å². The molecule has 2 heterocycles. The molecule has 2 nitrogen and oxygen atoms in total. The molecule has 0 amide bonds. The molecule has 1 aromatic carbocycles. The van der Waals surface area contributed by atoms with E-state index in [0.29, 0.717) is 6.04 Å². The van der Waals surface area contributed by atoms with Gasteiger partial charge in [0.1, 0.15) is 0 Å². The molecule has 3 rings (SSSR count). The lowest BCUT2D eigenvalue weighted by molar-refractivity contribution is -0.0628. The van der Waals surface area contributed by atoms with Crippen LogP contribution in [-0.2, 0) is 11.2 Å². The van der Waals surface area contributed by atoms with Gasteiger partial charge in [-0.05, 0) is 49.1 Å². The number of hydrogen-bond acceptors (Lipinski definition) is 3. The zero-order valence-corrected chi connectivity index (χ0v) is 12.5. The topological polar surface area (TPSA) is 21.3 Å². The van der Waals surface area contributed by atoms with Gasteiger partial charge in [-0.3, -0.25) is 0 Å². The number of benzene rings is 1. The number of anilines is 1. The second-order valence-corrected chi connectivity index (χ2v) is 6.82. The smallest absolute Gasteiger partial charge is 0.0799 e. The van der Waals surface area contributed by atoms with Crippen LogP contribution in [0.3, 0.4) is 0 Å². The number of aryl methyl sites for hydroxylation is 1. The Morgan fingerprint density at radius 1 is 1.37 bits per heavy atom. The zero-order valence-electron chi connectivity index (χ0n) is 11.7. The van der Waals surface area contributed by atoms with Crippen LogP contribution < -0.4 is 5.32 Å². The SMILES string of the molecule is CCc1ccc(NC2CCOC3(CCSC3)C2)cc1. The monoisotopic (exact) mass is 277 g/mol. The maximum absolute atomic E-state index is 6.07. The van der Waals surface area contributed by atoms with Gasteiger partial charge in [-0.15, -0.1) is 0 Å². The first-order valence-electron chi connectivity index (χ1n) is 7.37. The zero-order chi connectivity index (χ0) is 13.1. The summed E-state index contributed by atoms with van der Waals surface area (Å²) >= 11 is 2.04. The molecule has 0 radical (unpaired) electrons. The van der Waals surface area contributed by atoms with Gasteiger partial charge < -0.3 is 10.1 Å². The fourth-order valence-electron chi connectivity index (χ4n) is 3.09. The highest BCUT2D eigenvalue weighted by atomic mass is 32.2. The fourth-order valence-corrected chi connectivity index (χ4v) is 4.46. The van der Waals surface area contributed by atoms with Gasteiger partial charge in [0.05, 0.1) is 5.60 Å². The van der Waals surface area contributed by atoms with E-state index in [9.17, 15) is 0 Å². The summed E-state index contributed by atoms with van der Waals surface area (Å²) in [4.78, 5) is 0. The summed E-state index contributed by atoms with van der Waals surface area (Å²) in [5, 5.41) is 3.69. The molecule has 1 N–H and O–H groups in total. The van der Waals surface area contributed by atoms with E-state index >= 15 is 0 Å². The molecular formula is C16H23NOS. The summed E-state index contributed by atoms with van der Waals surface area (Å²) in [6.45, 7) is 3.10. The molecule has 2 saturated heterocycles. The van der Waals surface area contributed by atoms with Gasteiger partial charge in [0.15, 0.2) is 0 Å². The summed E-state index contributed by atoms with van der Waals surface area (Å²) in [5.74, 6) is 2.44. The van der Waals surface area contributed by atoms with E-state index in [1.165, 1.54) is 29.2 Å². The van der Waals surface area contributed by atoms with Gasteiger partial charge >= 0.3 is 0 Å². The van der Waals surface area contributed by atoms with Crippen molar-refractivity contribution in [1.82, 2.24) is 0 Å². The summed E-state index contributed by atoms with van der Waals surface area (Å²) < 4.78 is 6.07. The quantitative estimate of drug-likeness (QED) is 0.910. The number of rotatable bonds is 3. The molecule has 3 heteroatoms. The Bertz CT molecular complexity index is 411. The maximum atomic E-state index is 6.07. The van der Waals surface area contributed by atoms with Crippen molar-refractivity contribution < 1.29 is 4.74 Å². The molecule has 2 fully saturated rings. The average Bonchev–Trinajstić information content (AvgIpc) is 2.88. The molecule has 1 aromatic rings. The van der Waals surface area contributed by atoms with Crippen molar-refractivity contribution in [2.75, 3.05) is 23.4 Å². The van der Waals surface area contributed by atoms with Crippen LogP contribution in [0.15, 0.2) is 24.3 Å². The summed E-state index contributed by atoms with van der Waals surface area (Å²) in [6.07, 6.45) is 4.62. The Morgan fingerprint density at radius 3 is 2.89 bits per heavy atom. The number of ether oxygens (including phenoxy) is 1. The van der Waals surface area contributed by atoms with Crippen LogP contribution in [0, 0.1) is 0 Å². The van der Waals surface area contributed by atoms with E-state index in [2.05, 4.69) is 36.5 Å². The first-order chi connectivity index (χ1) is 9.30. The molecular weight excluding hydrogens is 254 g/mol. The molecule has 2 aliphatic rings. The van der Waals surface area contributed by atoms with Crippen LogP contribution in [0.2, 0.25) is 0 Å². The minimum atomic E-state index is 0.171. The van der Waals surface area contributed by atoms with E-state index in [0.717, 1.165) is 25.9 Å². The fraction of sp³-hybridized carbons (Fsp3) is 0.625. The molecule has 0 saturated carbocycles. The van der Waals surface area contributed by atoms with Crippen LogP contribution >= 0.6 is 11.8 Å². The van der Waals surface area contributed by atoms with Crippen molar-refractivity contribution in [3.05, 3.63) is 29.8 Å². The highest BCUT2D eigenvalue weighted by Crippen LogP contribution is 2.38. The van der Waals surface area contributed by atoms with E-state index < -0.39 is 0 Å². The third-order valence-electron chi connectivity index (χ3n) is 4.29. The van der Waals surface area contributed by atoms with Crippen molar-refractivity contribution in [2.45, 2.75) is 44.2 Å². The van der Waals surface area contributed by atoms with Gasteiger partial charge in [0, 0.05) is 24.1 Å². The van der Waals surface area contributed by atoms with E-state index in [1.807, 2.05) is 11.8 Å². The Morgan fingerprint density at radius 2 is 2.21 bits per heavy atom. The number of nitrogens with one attached hydrogen (secondary N) is 1. The van der Waals surface area contributed by atoms with Crippen molar-refractivity contribution >= 4 is 17.4 Å². The lowest BCUT2D eigenvalue weighted by Crippen LogP contribution is -2.44. The van der Waals surface area contributed by atoms with Crippen LogP contribution in [0.25, 0.3) is 0 Å². The predicted molar refractivity (Wildman–Crippen MR) is 83.1 cm³/mol. The standard InChI is InChI=1S/C16H23NOS/c1-2-13-3-5-14(6-4-13)17-15-7-9-18-16(11-15)8-10-19-12-16/h3-6,15,17H,2,7-12H2,1H3. The van der Waals surface area contributed by atoms with Crippen LogP contribution in [-0.4, -0.2) is 29.8 Å². The molecule has 2 unspecified atom stereocenters. The van der Waals surface area contributed by atoms with Crippen LogP contribution in [0.4, 0.5) is 5.69 Å². The van der Waals surface area contributed by atoms with E-state index in [-0.39, 0.29) is 5.60 Å². The summed E-state index contributed by atoms with van der Waals surface area (Å²) in [5.41, 5.74) is 2.83. The second-order valence-electron chi connectivity index (χ2n) is 5.72. The van der Waals surface area contributed by atoms with Crippen molar-refractivity contribution in [3.63, 3.8) is 0 Å². The maximum Gasteiger partial charge on any atom is 0.0799 e. The Balaban J connectivity index is 1.62. The molecule has 0 bridgehead atoms. The Kier molecular flexibility index (Phi) is 4.04. The first-order valence-corrected chi connectivity index (χ1v) is 8.52. The molecule has 0 aromatic heterocycles. The van der Waals surface area contributed by atoms with E-state index in [1.54, 1.807) is 0 Å². The third-order valence-corrected chi connectivity index (χ3v) is 5.52. The van der Waals surface area contributed by atoms with Gasteiger partial charge in [0.2, 0.25) is 0 Å². The Labute approximate surface area is 120 Å². The number of thioether (sulfide) groups is 1. The minimum absolute atomic E-state index is 0.171. The van der Waals surface area contributed by atoms with Crippen molar-refractivity contribution in [3.8, 4) is 0 Å². The highest BCUT2D eigenvalue weighted by molar-refractivity contribution is 7.99. The molecule has 0 aliphatic carbocycles. The molecule has 1 spiro atoms. The molecule has 104 valence electrons. The van der Waals surface area contributed by atoms with Gasteiger partial charge in [-0.25, -0.2) is 0 Å². The lowest BCUT2D eigenvalue weighted by atomic mass is 9.89. The molecule has 2 aliphatic heterocycles. The van der Waals surface area contributed by atoms with Gasteiger partial charge in [0.25, 0.3) is 0 Å². The summed E-state index contributed by atoms with van der Waals surface area (Å²) in [6, 6.07) is 9.44. The van der Waals surface area contributed by atoms with Crippen LogP contribution in [0.1, 0.15) is 31.7 Å². The minimum Gasteiger partial charge on any atom is -0.382 e. The second kappa shape index (κ2) is 5.76. The molecule has 19 heavy (non-hydrogen) atoms. The highest BCUT2D eigenvalue weighted by Gasteiger charge is 2.40. The first kappa shape index (κ1) is 13.3. The lowest BCUT2D eigenvalue weighted by Gasteiger charge is -2.38. The number of hydrogen-bond donors (Lipinski definition) is 1. The third kappa shape index (κ3) is 3.09. The van der Waals surface area contributed by atoms with Crippen LogP contribution in [0.5, 0.6) is 0 Å². The normalized spacial score (nSPS) is 30.7. The van der Waals surface area contributed by atoms with E-state index in [4.69, 9.17) is 4.74 Å². The van der Waals surface area contributed by atoms with Crippen molar-refractivity contribution in [2.24, 2.45) is 0 Å². The predicted octanol–water partition coefficient (Wildman–Crippen LogP) is 3.72. The molecule has 2 atom stereocenters. The largest absolute Gasteiger partial charge is 0.382 e. The summed E-state index contributed by atoms with van der Waals surface area (Å²) in [7, 11) is 0. The Hall–Kier alpha value is -0.670. The average molecular weight is 277 g/mol. The van der Waals surface area contributed by atoms with Gasteiger partial charge in [-0.2, -0.15) is 11.8 Å².